The van der Waals surface area contributed by atoms with E-state index in [-0.39, 0.29) is 11.7 Å². The van der Waals surface area contributed by atoms with E-state index in [9.17, 15) is 9.18 Å². The van der Waals surface area contributed by atoms with Gasteiger partial charge in [0, 0.05) is 31.2 Å². The number of pyridine rings is 1. The van der Waals surface area contributed by atoms with E-state index in [1.54, 1.807) is 25.4 Å². The molecule has 1 aromatic carbocycles. The summed E-state index contributed by atoms with van der Waals surface area (Å²) in [6.07, 6.45) is 1.55. The normalized spacial score (nSPS) is 10.3. The number of carbonyl (C=O) groups is 1. The first-order valence-electron chi connectivity index (χ1n) is 6.78. The van der Waals surface area contributed by atoms with E-state index < -0.39 is 0 Å². The zero-order chi connectivity index (χ0) is 15.4. The molecular weight excluding hydrogens is 269 g/mol. The van der Waals surface area contributed by atoms with Gasteiger partial charge in [-0.05, 0) is 38.1 Å². The molecule has 1 aromatic heterocycles. The van der Waals surface area contributed by atoms with E-state index in [2.05, 4.69) is 10.3 Å². The number of benzene rings is 1. The summed E-state index contributed by atoms with van der Waals surface area (Å²) in [5.74, 6) is -0.574. The third-order valence-electron chi connectivity index (χ3n) is 3.22. The first-order chi connectivity index (χ1) is 10.1. The smallest absolute Gasteiger partial charge is 0.261 e. The molecule has 0 saturated carbocycles. The predicted octanol–water partition coefficient (Wildman–Crippen LogP) is 3.24. The van der Waals surface area contributed by atoms with Crippen molar-refractivity contribution in [1.82, 2.24) is 4.98 Å². The van der Waals surface area contributed by atoms with Crippen molar-refractivity contribution in [3.05, 3.63) is 53.6 Å². The predicted molar refractivity (Wildman–Crippen MR) is 82.3 cm³/mol. The van der Waals surface area contributed by atoms with Crippen molar-refractivity contribution >= 4 is 17.3 Å². The molecule has 0 spiro atoms. The Morgan fingerprint density at radius 1 is 1.38 bits per heavy atom. The molecule has 0 aliphatic carbocycles. The fourth-order valence-electron chi connectivity index (χ4n) is 2.17. The van der Waals surface area contributed by atoms with Crippen LogP contribution < -0.4 is 10.2 Å². The van der Waals surface area contributed by atoms with Crippen LogP contribution in [0.3, 0.4) is 0 Å². The summed E-state index contributed by atoms with van der Waals surface area (Å²) in [5.41, 5.74) is 2.53. The number of hydrogen-bond donors (Lipinski definition) is 1. The Bertz CT molecular complexity index is 658. The van der Waals surface area contributed by atoms with Crippen LogP contribution in [0.15, 0.2) is 36.5 Å². The Morgan fingerprint density at radius 3 is 2.76 bits per heavy atom. The lowest BCUT2D eigenvalue weighted by atomic mass is 10.1. The number of aryl methyl sites for hydroxylation is 1. The minimum atomic E-state index is -0.366. The molecular formula is C16H18FN3O. The summed E-state index contributed by atoms with van der Waals surface area (Å²) in [6.45, 7) is 4.15. The van der Waals surface area contributed by atoms with Crippen molar-refractivity contribution < 1.29 is 9.18 Å². The molecule has 110 valence electrons. The quantitative estimate of drug-likeness (QED) is 0.939. The van der Waals surface area contributed by atoms with Gasteiger partial charge in [0.2, 0.25) is 0 Å². The molecule has 2 aromatic rings. The molecule has 2 rings (SSSR count). The number of nitrogens with zero attached hydrogens (tertiary/aromatic N) is 2. The Labute approximate surface area is 123 Å². The summed E-state index contributed by atoms with van der Waals surface area (Å²) in [6, 6.07) is 7.82. The molecule has 0 atom stereocenters. The van der Waals surface area contributed by atoms with Crippen molar-refractivity contribution in [2.24, 2.45) is 0 Å². The van der Waals surface area contributed by atoms with Crippen LogP contribution in [0.1, 0.15) is 23.0 Å². The van der Waals surface area contributed by atoms with Gasteiger partial charge >= 0.3 is 0 Å². The van der Waals surface area contributed by atoms with Crippen LogP contribution in [0.25, 0.3) is 0 Å². The largest absolute Gasteiger partial charge is 0.387 e. The number of rotatable bonds is 4. The van der Waals surface area contributed by atoms with Crippen LogP contribution >= 0.6 is 0 Å². The van der Waals surface area contributed by atoms with Crippen LogP contribution in [0.4, 0.5) is 15.8 Å². The molecule has 0 saturated heterocycles. The molecule has 5 heteroatoms. The lowest BCUT2D eigenvalue weighted by molar-refractivity contribution is 0.0988. The first-order valence-corrected chi connectivity index (χ1v) is 6.78. The molecule has 1 heterocycles. The van der Waals surface area contributed by atoms with Crippen LogP contribution in [0.5, 0.6) is 0 Å². The van der Waals surface area contributed by atoms with Gasteiger partial charge in [-0.25, -0.2) is 4.39 Å². The van der Waals surface area contributed by atoms with Crippen molar-refractivity contribution in [3.8, 4) is 0 Å². The second kappa shape index (κ2) is 6.35. The van der Waals surface area contributed by atoms with Crippen LogP contribution in [-0.4, -0.2) is 24.5 Å². The van der Waals surface area contributed by atoms with E-state index in [0.29, 0.717) is 23.5 Å². The van der Waals surface area contributed by atoms with Crippen molar-refractivity contribution in [2.45, 2.75) is 13.8 Å². The highest BCUT2D eigenvalue weighted by atomic mass is 19.1. The maximum atomic E-state index is 13.4. The molecule has 0 radical (unpaired) electrons. The lowest BCUT2D eigenvalue weighted by Gasteiger charge is -2.22. The van der Waals surface area contributed by atoms with Gasteiger partial charge in [0.05, 0.1) is 11.3 Å². The van der Waals surface area contributed by atoms with Crippen LogP contribution in [0.2, 0.25) is 0 Å². The molecule has 0 bridgehead atoms. The monoisotopic (exact) mass is 287 g/mol. The van der Waals surface area contributed by atoms with Crippen molar-refractivity contribution in [2.75, 3.05) is 23.8 Å². The van der Waals surface area contributed by atoms with E-state index in [1.807, 2.05) is 19.9 Å². The summed E-state index contributed by atoms with van der Waals surface area (Å²) >= 11 is 0. The summed E-state index contributed by atoms with van der Waals surface area (Å²) in [7, 11) is 1.75. The third-order valence-corrected chi connectivity index (χ3v) is 3.22. The van der Waals surface area contributed by atoms with E-state index >= 15 is 0 Å². The van der Waals surface area contributed by atoms with Crippen molar-refractivity contribution in [1.29, 1.82) is 0 Å². The highest BCUT2D eigenvalue weighted by Gasteiger charge is 2.19. The first kappa shape index (κ1) is 15.0. The van der Waals surface area contributed by atoms with Gasteiger partial charge in [-0.2, -0.15) is 0 Å². The highest BCUT2D eigenvalue weighted by Crippen LogP contribution is 2.22. The summed E-state index contributed by atoms with van der Waals surface area (Å²) < 4.78 is 13.4. The van der Waals surface area contributed by atoms with Gasteiger partial charge in [-0.3, -0.25) is 9.78 Å². The molecule has 0 aliphatic rings. The summed E-state index contributed by atoms with van der Waals surface area (Å²) in [4.78, 5) is 18.4. The van der Waals surface area contributed by atoms with Crippen LogP contribution in [0, 0.1) is 12.7 Å². The Balaban J connectivity index is 2.41. The molecule has 0 fully saturated rings. The van der Waals surface area contributed by atoms with E-state index in [0.717, 1.165) is 5.69 Å². The number of aromatic nitrogens is 1. The van der Waals surface area contributed by atoms with Gasteiger partial charge in [0.15, 0.2) is 0 Å². The second-order valence-corrected chi connectivity index (χ2v) is 4.65. The zero-order valence-electron chi connectivity index (χ0n) is 12.4. The molecule has 21 heavy (non-hydrogen) atoms. The fraction of sp³-hybridized carbons (Fsp3) is 0.250. The molecule has 0 aliphatic heterocycles. The Hall–Kier alpha value is -2.43. The molecule has 1 amide bonds. The van der Waals surface area contributed by atoms with Crippen LogP contribution in [-0.2, 0) is 0 Å². The van der Waals surface area contributed by atoms with Gasteiger partial charge in [-0.15, -0.1) is 0 Å². The number of hydrogen-bond acceptors (Lipinski definition) is 3. The van der Waals surface area contributed by atoms with E-state index in [4.69, 9.17) is 0 Å². The molecule has 4 nitrogen and oxygen atoms in total. The number of carbonyl (C=O) groups excluding carboxylic acids is 1. The van der Waals surface area contributed by atoms with Gasteiger partial charge in [0.25, 0.3) is 5.91 Å². The highest BCUT2D eigenvalue weighted by molar-refractivity contribution is 6.09. The van der Waals surface area contributed by atoms with Gasteiger partial charge < -0.3 is 10.2 Å². The number of nitrogens with one attached hydrogen (secondary N) is 1. The minimum Gasteiger partial charge on any atom is -0.387 e. The Morgan fingerprint density at radius 2 is 2.14 bits per heavy atom. The maximum absolute atomic E-state index is 13.4. The SMILES string of the molecule is CCN(C(=O)c1cnc(C)cc1NC)c1cccc(F)c1. The maximum Gasteiger partial charge on any atom is 0.261 e. The minimum absolute atomic E-state index is 0.208. The molecule has 1 N–H and O–H groups in total. The lowest BCUT2D eigenvalue weighted by Crippen LogP contribution is -2.31. The zero-order valence-corrected chi connectivity index (χ0v) is 12.4. The topological polar surface area (TPSA) is 45.2 Å². The summed E-state index contributed by atoms with van der Waals surface area (Å²) in [5, 5.41) is 3.00. The average molecular weight is 287 g/mol. The molecule has 0 unspecified atom stereocenters. The van der Waals surface area contributed by atoms with E-state index in [1.165, 1.54) is 17.0 Å². The fourth-order valence-corrected chi connectivity index (χ4v) is 2.17. The standard InChI is InChI=1S/C16H18FN3O/c1-4-20(13-7-5-6-12(17)9-13)16(21)14-10-19-11(2)8-15(14)18-3/h5-10H,4H2,1-3H3,(H,18,19). The third kappa shape index (κ3) is 3.18. The number of halogens is 1. The van der Waals surface area contributed by atoms with Gasteiger partial charge in [0.1, 0.15) is 5.82 Å². The number of amides is 1. The van der Waals surface area contributed by atoms with Gasteiger partial charge in [-0.1, -0.05) is 6.07 Å². The van der Waals surface area contributed by atoms with Crippen molar-refractivity contribution in [3.63, 3.8) is 0 Å². The number of anilines is 2. The second-order valence-electron chi connectivity index (χ2n) is 4.65. The Kier molecular flexibility index (Phi) is 4.52. The average Bonchev–Trinajstić information content (AvgIpc) is 2.47.